The first-order valence-corrected chi connectivity index (χ1v) is 7.40. The minimum atomic E-state index is 0.846. The Kier molecular flexibility index (Phi) is 6.93. The van der Waals surface area contributed by atoms with Gasteiger partial charge in [0.1, 0.15) is 0 Å². The van der Waals surface area contributed by atoms with Crippen molar-refractivity contribution in [2.75, 3.05) is 0 Å². The number of halogens is 1. The SMILES string of the molecule is CCCCCCCCC1CCCC1Br. The molecular weight excluding hydrogens is 236 g/mol. The first-order valence-electron chi connectivity index (χ1n) is 6.48. The van der Waals surface area contributed by atoms with Gasteiger partial charge in [-0.2, -0.15) is 0 Å². The second kappa shape index (κ2) is 7.73. The van der Waals surface area contributed by atoms with Crippen molar-refractivity contribution in [2.24, 2.45) is 5.92 Å². The summed E-state index contributed by atoms with van der Waals surface area (Å²) in [5, 5.41) is 0. The molecule has 0 aromatic carbocycles. The van der Waals surface area contributed by atoms with E-state index in [0.717, 1.165) is 10.7 Å². The van der Waals surface area contributed by atoms with Gasteiger partial charge in [0, 0.05) is 4.83 Å². The molecule has 2 atom stereocenters. The molecule has 0 spiro atoms. The summed E-state index contributed by atoms with van der Waals surface area (Å²) in [6.45, 7) is 2.29. The van der Waals surface area contributed by atoms with E-state index in [1.807, 2.05) is 0 Å². The molecule has 1 rings (SSSR count). The number of hydrogen-bond donors (Lipinski definition) is 0. The van der Waals surface area contributed by atoms with Crippen molar-refractivity contribution in [3.8, 4) is 0 Å². The first kappa shape index (κ1) is 12.5. The van der Waals surface area contributed by atoms with Crippen LogP contribution in [0.15, 0.2) is 0 Å². The summed E-state index contributed by atoms with van der Waals surface area (Å²) >= 11 is 3.80. The maximum absolute atomic E-state index is 3.80. The molecule has 1 saturated carbocycles. The summed E-state index contributed by atoms with van der Waals surface area (Å²) in [5.41, 5.74) is 0. The molecule has 0 N–H and O–H groups in total. The third-order valence-electron chi connectivity index (χ3n) is 3.49. The predicted octanol–water partition coefficient (Wildman–Crippen LogP) is 5.30. The molecule has 0 aromatic heterocycles. The molecule has 0 radical (unpaired) electrons. The van der Waals surface area contributed by atoms with Gasteiger partial charge >= 0.3 is 0 Å². The van der Waals surface area contributed by atoms with Crippen molar-refractivity contribution in [3.63, 3.8) is 0 Å². The van der Waals surface area contributed by atoms with Crippen molar-refractivity contribution in [1.29, 1.82) is 0 Å². The fraction of sp³-hybridized carbons (Fsp3) is 1.00. The topological polar surface area (TPSA) is 0 Å². The van der Waals surface area contributed by atoms with E-state index in [-0.39, 0.29) is 0 Å². The lowest BCUT2D eigenvalue weighted by Crippen LogP contribution is -2.05. The lowest BCUT2D eigenvalue weighted by molar-refractivity contribution is 0.472. The van der Waals surface area contributed by atoms with Gasteiger partial charge in [0.2, 0.25) is 0 Å². The molecular formula is C13H25Br. The van der Waals surface area contributed by atoms with Gasteiger partial charge in [0.05, 0.1) is 0 Å². The van der Waals surface area contributed by atoms with Crippen LogP contribution in [0.4, 0.5) is 0 Å². The van der Waals surface area contributed by atoms with Crippen LogP contribution in [-0.2, 0) is 0 Å². The van der Waals surface area contributed by atoms with Crippen LogP contribution in [0.25, 0.3) is 0 Å². The average molecular weight is 261 g/mol. The van der Waals surface area contributed by atoms with Crippen molar-refractivity contribution >= 4 is 15.9 Å². The standard InChI is InChI=1S/C13H25Br/c1-2-3-4-5-6-7-9-12-10-8-11-13(12)14/h12-13H,2-11H2,1H3. The molecule has 2 unspecified atom stereocenters. The molecule has 1 aliphatic carbocycles. The van der Waals surface area contributed by atoms with Crippen LogP contribution in [-0.4, -0.2) is 4.83 Å². The lowest BCUT2D eigenvalue weighted by atomic mass is 9.99. The second-order valence-corrected chi connectivity index (χ2v) is 5.94. The zero-order valence-electron chi connectivity index (χ0n) is 9.60. The number of hydrogen-bond acceptors (Lipinski definition) is 0. The van der Waals surface area contributed by atoms with E-state index in [2.05, 4.69) is 22.9 Å². The molecule has 0 heterocycles. The first-order chi connectivity index (χ1) is 6.84. The van der Waals surface area contributed by atoms with Gasteiger partial charge in [-0.3, -0.25) is 0 Å². The normalized spacial score (nSPS) is 27.0. The Morgan fingerprint density at radius 2 is 1.71 bits per heavy atom. The van der Waals surface area contributed by atoms with Crippen molar-refractivity contribution < 1.29 is 0 Å². The Morgan fingerprint density at radius 3 is 2.36 bits per heavy atom. The minimum Gasteiger partial charge on any atom is -0.0888 e. The third kappa shape index (κ3) is 4.82. The number of rotatable bonds is 7. The van der Waals surface area contributed by atoms with Crippen LogP contribution >= 0.6 is 15.9 Å². The van der Waals surface area contributed by atoms with E-state index in [1.54, 1.807) is 0 Å². The Balaban J connectivity index is 1.88. The molecule has 0 bridgehead atoms. The molecule has 0 saturated heterocycles. The zero-order chi connectivity index (χ0) is 10.2. The Bertz CT molecular complexity index is 133. The van der Waals surface area contributed by atoms with Gasteiger partial charge in [0.25, 0.3) is 0 Å². The van der Waals surface area contributed by atoms with E-state index in [9.17, 15) is 0 Å². The van der Waals surface area contributed by atoms with Crippen molar-refractivity contribution in [2.45, 2.75) is 76.0 Å². The van der Waals surface area contributed by atoms with Crippen molar-refractivity contribution in [3.05, 3.63) is 0 Å². The van der Waals surface area contributed by atoms with Gasteiger partial charge in [-0.15, -0.1) is 0 Å². The molecule has 0 amide bonds. The maximum Gasteiger partial charge on any atom is 0.0174 e. The van der Waals surface area contributed by atoms with Gasteiger partial charge in [-0.1, -0.05) is 67.8 Å². The van der Waals surface area contributed by atoms with Gasteiger partial charge in [0.15, 0.2) is 0 Å². The molecule has 0 aromatic rings. The van der Waals surface area contributed by atoms with Crippen LogP contribution in [0, 0.1) is 5.92 Å². The van der Waals surface area contributed by atoms with Crippen LogP contribution in [0.1, 0.15) is 71.1 Å². The predicted molar refractivity (Wildman–Crippen MR) is 68.0 cm³/mol. The van der Waals surface area contributed by atoms with Gasteiger partial charge in [-0.05, 0) is 25.2 Å². The largest absolute Gasteiger partial charge is 0.0888 e. The highest BCUT2D eigenvalue weighted by molar-refractivity contribution is 9.09. The average Bonchev–Trinajstić information content (AvgIpc) is 2.58. The van der Waals surface area contributed by atoms with E-state index < -0.39 is 0 Å². The molecule has 84 valence electrons. The van der Waals surface area contributed by atoms with E-state index >= 15 is 0 Å². The molecule has 1 aliphatic rings. The molecule has 14 heavy (non-hydrogen) atoms. The van der Waals surface area contributed by atoms with Crippen LogP contribution < -0.4 is 0 Å². The molecule has 0 aliphatic heterocycles. The van der Waals surface area contributed by atoms with Gasteiger partial charge < -0.3 is 0 Å². The number of alkyl halides is 1. The van der Waals surface area contributed by atoms with Gasteiger partial charge in [-0.25, -0.2) is 0 Å². The second-order valence-electron chi connectivity index (χ2n) is 4.76. The monoisotopic (exact) mass is 260 g/mol. The van der Waals surface area contributed by atoms with E-state index in [0.29, 0.717) is 0 Å². The summed E-state index contributed by atoms with van der Waals surface area (Å²) < 4.78 is 0. The summed E-state index contributed by atoms with van der Waals surface area (Å²) in [6.07, 6.45) is 14.5. The third-order valence-corrected chi connectivity index (χ3v) is 4.70. The molecule has 1 fully saturated rings. The number of unbranched alkanes of at least 4 members (excludes halogenated alkanes) is 5. The summed E-state index contributed by atoms with van der Waals surface area (Å²) in [5.74, 6) is 1.00. The quantitative estimate of drug-likeness (QED) is 0.431. The fourth-order valence-electron chi connectivity index (χ4n) is 2.50. The summed E-state index contributed by atoms with van der Waals surface area (Å²) in [7, 11) is 0. The maximum atomic E-state index is 3.80. The highest BCUT2D eigenvalue weighted by Crippen LogP contribution is 2.34. The Hall–Kier alpha value is 0.480. The summed E-state index contributed by atoms with van der Waals surface area (Å²) in [4.78, 5) is 0.846. The smallest absolute Gasteiger partial charge is 0.0174 e. The van der Waals surface area contributed by atoms with Crippen LogP contribution in [0.3, 0.4) is 0 Å². The molecule has 0 nitrogen and oxygen atoms in total. The highest BCUT2D eigenvalue weighted by atomic mass is 79.9. The zero-order valence-corrected chi connectivity index (χ0v) is 11.2. The lowest BCUT2D eigenvalue weighted by Gasteiger charge is -2.12. The minimum absolute atomic E-state index is 0.846. The summed E-state index contributed by atoms with van der Waals surface area (Å²) in [6, 6.07) is 0. The van der Waals surface area contributed by atoms with E-state index in [4.69, 9.17) is 0 Å². The van der Waals surface area contributed by atoms with E-state index in [1.165, 1.54) is 64.2 Å². The Morgan fingerprint density at radius 1 is 1.00 bits per heavy atom. The fourth-order valence-corrected chi connectivity index (χ4v) is 3.36. The highest BCUT2D eigenvalue weighted by Gasteiger charge is 2.23. The van der Waals surface area contributed by atoms with Crippen molar-refractivity contribution in [1.82, 2.24) is 0 Å². The van der Waals surface area contributed by atoms with Crippen LogP contribution in [0.5, 0.6) is 0 Å². The molecule has 1 heteroatoms. The van der Waals surface area contributed by atoms with Crippen LogP contribution in [0.2, 0.25) is 0 Å². The Labute approximate surface area is 98.0 Å².